The van der Waals surface area contributed by atoms with E-state index in [4.69, 9.17) is 23.4 Å². The predicted octanol–water partition coefficient (Wildman–Crippen LogP) is 2.72. The number of esters is 2. The molecule has 1 aromatic heterocycles. The van der Waals surface area contributed by atoms with Gasteiger partial charge < -0.3 is 34.0 Å². The molecule has 1 aliphatic rings. The van der Waals surface area contributed by atoms with Gasteiger partial charge in [0.15, 0.2) is 0 Å². The molecular formula is C23H24N2O8. The summed E-state index contributed by atoms with van der Waals surface area (Å²) in [5.74, 6) is 0.0993. The Morgan fingerprint density at radius 2 is 1.97 bits per heavy atom. The molecule has 2 N–H and O–H groups in total. The quantitative estimate of drug-likeness (QED) is 0.436. The normalized spacial score (nSPS) is 15.6. The lowest BCUT2D eigenvalue weighted by atomic mass is 10.0. The van der Waals surface area contributed by atoms with Crippen molar-refractivity contribution in [3.63, 3.8) is 0 Å². The van der Waals surface area contributed by atoms with Crippen molar-refractivity contribution in [3.05, 3.63) is 65.3 Å². The van der Waals surface area contributed by atoms with Gasteiger partial charge in [0.2, 0.25) is 0 Å². The molecular weight excluding hydrogens is 432 g/mol. The van der Waals surface area contributed by atoms with Gasteiger partial charge in [0.25, 0.3) is 0 Å². The summed E-state index contributed by atoms with van der Waals surface area (Å²) in [4.78, 5) is 37.1. The Morgan fingerprint density at radius 3 is 2.64 bits per heavy atom. The number of carbonyl (C=O) groups excluding carboxylic acids is 3. The molecule has 1 atom stereocenters. The lowest BCUT2D eigenvalue weighted by Gasteiger charge is -2.27. The Bertz CT molecular complexity index is 1070. The molecule has 0 radical (unpaired) electrons. The molecule has 10 nitrogen and oxygen atoms in total. The van der Waals surface area contributed by atoms with Crippen LogP contribution in [0.1, 0.15) is 24.3 Å². The maximum atomic E-state index is 12.6. The number of urea groups is 1. The van der Waals surface area contributed by atoms with E-state index < -0.39 is 24.0 Å². The van der Waals surface area contributed by atoms with Crippen LogP contribution in [-0.2, 0) is 19.1 Å². The largest absolute Gasteiger partial charge is 0.497 e. The minimum absolute atomic E-state index is 0.0812. The van der Waals surface area contributed by atoms with Crippen LogP contribution in [0.5, 0.6) is 11.5 Å². The molecule has 33 heavy (non-hydrogen) atoms. The van der Waals surface area contributed by atoms with Gasteiger partial charge in [-0.25, -0.2) is 14.4 Å². The van der Waals surface area contributed by atoms with Gasteiger partial charge in [0.05, 0.1) is 38.4 Å². The number of ether oxygens (including phenoxy) is 4. The van der Waals surface area contributed by atoms with E-state index in [1.165, 1.54) is 32.6 Å². The molecule has 3 rings (SSSR count). The highest BCUT2D eigenvalue weighted by atomic mass is 16.5. The Balaban J connectivity index is 1.80. The molecule has 2 aromatic rings. The van der Waals surface area contributed by atoms with E-state index in [-0.39, 0.29) is 24.5 Å². The zero-order valence-electron chi connectivity index (χ0n) is 18.4. The second-order valence-corrected chi connectivity index (χ2v) is 6.71. The van der Waals surface area contributed by atoms with Gasteiger partial charge in [-0.3, -0.25) is 0 Å². The van der Waals surface area contributed by atoms with E-state index in [0.29, 0.717) is 22.8 Å². The zero-order valence-corrected chi connectivity index (χ0v) is 18.4. The summed E-state index contributed by atoms with van der Waals surface area (Å²) in [5.41, 5.74) is 0.783. The van der Waals surface area contributed by atoms with Crippen LogP contribution in [-0.4, -0.2) is 45.4 Å². The first kappa shape index (κ1) is 23.5. The molecule has 1 aromatic carbocycles. The number of amides is 2. The third-order valence-corrected chi connectivity index (χ3v) is 4.67. The fourth-order valence-corrected chi connectivity index (χ4v) is 3.17. The van der Waals surface area contributed by atoms with Crippen LogP contribution in [0.2, 0.25) is 0 Å². The number of nitrogens with one attached hydrogen (secondary N) is 2. The number of hydrogen-bond acceptors (Lipinski definition) is 8. The molecule has 0 bridgehead atoms. The van der Waals surface area contributed by atoms with Crippen molar-refractivity contribution in [3.8, 4) is 11.5 Å². The Labute approximate surface area is 190 Å². The zero-order chi connectivity index (χ0) is 23.8. The van der Waals surface area contributed by atoms with Crippen LogP contribution < -0.4 is 20.1 Å². The van der Waals surface area contributed by atoms with E-state index >= 15 is 0 Å². The van der Waals surface area contributed by atoms with E-state index in [1.807, 2.05) is 0 Å². The highest BCUT2D eigenvalue weighted by molar-refractivity contribution is 5.95. The summed E-state index contributed by atoms with van der Waals surface area (Å²) >= 11 is 0. The summed E-state index contributed by atoms with van der Waals surface area (Å²) in [7, 11) is 3.04. The first-order valence-electron chi connectivity index (χ1n) is 10.0. The standard InChI is InChI=1S/C23H24N2O8/c1-4-31-22(27)20-16(24-23(28)25-21(20)18-6-5-11-32-18)13-33-19(26)10-7-14-12-15(29-2)8-9-17(14)30-3/h5-12,21H,4,13H2,1-3H3,(H2,24,25,28)/b10-7+. The van der Waals surface area contributed by atoms with Gasteiger partial charge in [-0.15, -0.1) is 0 Å². The van der Waals surface area contributed by atoms with Crippen LogP contribution in [0.4, 0.5) is 4.79 Å². The number of benzene rings is 1. The van der Waals surface area contributed by atoms with Crippen molar-refractivity contribution >= 4 is 24.0 Å². The van der Waals surface area contributed by atoms with Gasteiger partial charge in [-0.1, -0.05) is 0 Å². The van der Waals surface area contributed by atoms with Crippen LogP contribution in [0, 0.1) is 0 Å². The van der Waals surface area contributed by atoms with Gasteiger partial charge in [0.1, 0.15) is 29.9 Å². The average molecular weight is 456 g/mol. The third kappa shape index (κ3) is 5.73. The highest BCUT2D eigenvalue weighted by Crippen LogP contribution is 2.28. The molecule has 1 aliphatic heterocycles. The number of methoxy groups -OCH3 is 2. The highest BCUT2D eigenvalue weighted by Gasteiger charge is 2.35. The van der Waals surface area contributed by atoms with E-state index in [9.17, 15) is 14.4 Å². The van der Waals surface area contributed by atoms with Crippen molar-refractivity contribution in [2.45, 2.75) is 13.0 Å². The van der Waals surface area contributed by atoms with E-state index in [0.717, 1.165) is 0 Å². The lowest BCUT2D eigenvalue weighted by molar-refractivity contribution is -0.140. The molecule has 2 amide bonds. The maximum Gasteiger partial charge on any atom is 0.338 e. The smallest absolute Gasteiger partial charge is 0.338 e. The fraction of sp³-hybridized carbons (Fsp3) is 0.261. The molecule has 1 unspecified atom stereocenters. The monoisotopic (exact) mass is 456 g/mol. The summed E-state index contributed by atoms with van der Waals surface area (Å²) in [6.07, 6.45) is 4.13. The van der Waals surface area contributed by atoms with Crippen molar-refractivity contribution in [2.24, 2.45) is 0 Å². The van der Waals surface area contributed by atoms with Crippen LogP contribution in [0.3, 0.4) is 0 Å². The van der Waals surface area contributed by atoms with Crippen LogP contribution in [0.25, 0.3) is 6.08 Å². The fourth-order valence-electron chi connectivity index (χ4n) is 3.17. The van der Waals surface area contributed by atoms with Crippen LogP contribution >= 0.6 is 0 Å². The molecule has 0 aliphatic carbocycles. The van der Waals surface area contributed by atoms with Crippen molar-refractivity contribution < 1.29 is 37.7 Å². The number of furan rings is 1. The van der Waals surface area contributed by atoms with Gasteiger partial charge in [0, 0.05) is 11.6 Å². The molecule has 0 saturated carbocycles. The van der Waals surface area contributed by atoms with Crippen molar-refractivity contribution in [1.82, 2.24) is 10.6 Å². The number of hydrogen-bond donors (Lipinski definition) is 2. The molecule has 10 heteroatoms. The Kier molecular flexibility index (Phi) is 7.74. The predicted molar refractivity (Wildman–Crippen MR) is 116 cm³/mol. The van der Waals surface area contributed by atoms with Gasteiger partial charge in [-0.05, 0) is 43.3 Å². The lowest BCUT2D eigenvalue weighted by Crippen LogP contribution is -2.47. The molecule has 0 spiro atoms. The number of rotatable bonds is 9. The maximum absolute atomic E-state index is 12.6. The Hall–Kier alpha value is -4.21. The molecule has 0 saturated heterocycles. The SMILES string of the molecule is CCOC(=O)C1=C(COC(=O)/C=C/c2cc(OC)ccc2OC)NC(=O)NC1c1ccco1. The van der Waals surface area contributed by atoms with Crippen molar-refractivity contribution in [2.75, 3.05) is 27.4 Å². The van der Waals surface area contributed by atoms with Crippen molar-refractivity contribution in [1.29, 1.82) is 0 Å². The Morgan fingerprint density at radius 1 is 1.15 bits per heavy atom. The molecule has 2 heterocycles. The third-order valence-electron chi connectivity index (χ3n) is 4.67. The average Bonchev–Trinajstić information content (AvgIpc) is 3.35. The van der Waals surface area contributed by atoms with Gasteiger partial charge >= 0.3 is 18.0 Å². The second-order valence-electron chi connectivity index (χ2n) is 6.71. The summed E-state index contributed by atoms with van der Waals surface area (Å²) in [6, 6.07) is 6.91. The molecule has 0 fully saturated rings. The second kappa shape index (κ2) is 10.9. The van der Waals surface area contributed by atoms with Gasteiger partial charge in [-0.2, -0.15) is 0 Å². The minimum atomic E-state index is -0.891. The van der Waals surface area contributed by atoms with E-state index in [2.05, 4.69) is 10.6 Å². The topological polar surface area (TPSA) is 125 Å². The van der Waals surface area contributed by atoms with E-state index in [1.54, 1.807) is 37.3 Å². The summed E-state index contributed by atoms with van der Waals surface area (Å²) < 4.78 is 26.2. The number of carbonyl (C=O) groups is 3. The summed E-state index contributed by atoms with van der Waals surface area (Å²) in [5, 5.41) is 5.12. The first-order valence-corrected chi connectivity index (χ1v) is 10.0. The first-order chi connectivity index (χ1) is 16.0. The van der Waals surface area contributed by atoms with Crippen LogP contribution in [0.15, 0.2) is 58.4 Å². The molecule has 174 valence electrons. The summed E-state index contributed by atoms with van der Waals surface area (Å²) in [6.45, 7) is 1.42. The minimum Gasteiger partial charge on any atom is -0.497 e.